The maximum absolute atomic E-state index is 12.9. The minimum Gasteiger partial charge on any atom is -0.381 e. The molecule has 0 N–H and O–H groups in total. The first-order chi connectivity index (χ1) is 14.1. The standard InChI is InChI=1S/C23H29ClN2O3/c1-2-3-4-5-22-25-21(18-6-8-19(24)9-7-18)15-23(28)26(22)16-20(27)14-17-10-12-29-13-11-17/h6-9,15,17H,2-5,10-14,16H2,1H3. The highest BCUT2D eigenvalue weighted by molar-refractivity contribution is 6.30. The molecule has 1 fully saturated rings. The molecule has 6 heteroatoms. The number of hydrogen-bond acceptors (Lipinski definition) is 4. The molecule has 0 bridgehead atoms. The molecule has 1 aliphatic heterocycles. The van der Waals surface area contributed by atoms with Gasteiger partial charge in [0, 0.05) is 42.7 Å². The second kappa shape index (κ2) is 10.7. The van der Waals surface area contributed by atoms with Gasteiger partial charge >= 0.3 is 0 Å². The molecule has 0 spiro atoms. The summed E-state index contributed by atoms with van der Waals surface area (Å²) in [5, 5.41) is 0.643. The SMILES string of the molecule is CCCCCc1nc(-c2ccc(Cl)cc2)cc(=O)n1CC(=O)CC1CCOCC1. The van der Waals surface area contributed by atoms with E-state index in [-0.39, 0.29) is 17.9 Å². The Morgan fingerprint density at radius 2 is 1.93 bits per heavy atom. The number of nitrogens with zero attached hydrogens (tertiary/aromatic N) is 2. The molecular formula is C23H29ClN2O3. The quantitative estimate of drug-likeness (QED) is 0.556. The predicted octanol–water partition coefficient (Wildman–Crippen LogP) is 4.68. The van der Waals surface area contributed by atoms with Crippen molar-refractivity contribution in [2.24, 2.45) is 5.92 Å². The van der Waals surface area contributed by atoms with Crippen molar-refractivity contribution >= 4 is 17.4 Å². The maximum Gasteiger partial charge on any atom is 0.254 e. The number of carbonyl (C=O) groups excluding carboxylic acids is 1. The Kier molecular flexibility index (Phi) is 8.01. The summed E-state index contributed by atoms with van der Waals surface area (Å²) < 4.78 is 6.94. The van der Waals surface area contributed by atoms with Crippen molar-refractivity contribution in [3.8, 4) is 11.3 Å². The Morgan fingerprint density at radius 1 is 1.21 bits per heavy atom. The average molecular weight is 417 g/mol. The van der Waals surface area contributed by atoms with Gasteiger partial charge in [-0.15, -0.1) is 0 Å². The highest BCUT2D eigenvalue weighted by Crippen LogP contribution is 2.21. The molecule has 1 aromatic heterocycles. The third-order valence-electron chi connectivity index (χ3n) is 5.42. The van der Waals surface area contributed by atoms with Gasteiger partial charge in [0.05, 0.1) is 12.2 Å². The van der Waals surface area contributed by atoms with Crippen LogP contribution >= 0.6 is 11.6 Å². The van der Waals surface area contributed by atoms with Gasteiger partial charge in [-0.2, -0.15) is 0 Å². The molecular weight excluding hydrogens is 388 g/mol. The van der Waals surface area contributed by atoms with E-state index in [1.54, 1.807) is 16.7 Å². The van der Waals surface area contributed by atoms with Gasteiger partial charge in [0.1, 0.15) is 5.82 Å². The van der Waals surface area contributed by atoms with Gasteiger partial charge in [-0.25, -0.2) is 4.98 Å². The first-order valence-corrected chi connectivity index (χ1v) is 10.9. The first-order valence-electron chi connectivity index (χ1n) is 10.5. The van der Waals surface area contributed by atoms with Crippen LogP contribution in [-0.2, 0) is 22.5 Å². The average Bonchev–Trinajstić information content (AvgIpc) is 2.71. The molecule has 0 amide bonds. The second-order valence-corrected chi connectivity index (χ2v) is 8.18. The molecule has 29 heavy (non-hydrogen) atoms. The molecule has 2 aromatic rings. The van der Waals surface area contributed by atoms with E-state index in [4.69, 9.17) is 21.3 Å². The Balaban J connectivity index is 1.82. The van der Waals surface area contributed by atoms with Crippen LogP contribution in [0.5, 0.6) is 0 Å². The molecule has 156 valence electrons. The highest BCUT2D eigenvalue weighted by atomic mass is 35.5. The van der Waals surface area contributed by atoms with Gasteiger partial charge in [-0.05, 0) is 37.3 Å². The fourth-order valence-corrected chi connectivity index (χ4v) is 3.85. The summed E-state index contributed by atoms with van der Waals surface area (Å²) in [6, 6.07) is 8.83. The molecule has 1 aliphatic rings. The summed E-state index contributed by atoms with van der Waals surface area (Å²) in [5.74, 6) is 1.14. The van der Waals surface area contributed by atoms with Crippen molar-refractivity contribution in [3.63, 3.8) is 0 Å². The molecule has 1 saturated heterocycles. The van der Waals surface area contributed by atoms with Crippen LogP contribution < -0.4 is 5.56 Å². The summed E-state index contributed by atoms with van der Waals surface area (Å²) in [4.78, 5) is 30.3. The van der Waals surface area contributed by atoms with E-state index in [9.17, 15) is 9.59 Å². The lowest BCUT2D eigenvalue weighted by molar-refractivity contribution is -0.121. The lowest BCUT2D eigenvalue weighted by Crippen LogP contribution is -2.30. The number of hydrogen-bond donors (Lipinski definition) is 0. The van der Waals surface area contributed by atoms with E-state index in [2.05, 4.69) is 6.92 Å². The van der Waals surface area contributed by atoms with Crippen LogP contribution in [-0.4, -0.2) is 28.5 Å². The number of aromatic nitrogens is 2. The number of ether oxygens (including phenoxy) is 1. The van der Waals surface area contributed by atoms with Crippen molar-refractivity contribution in [1.29, 1.82) is 0 Å². The predicted molar refractivity (Wildman–Crippen MR) is 115 cm³/mol. The maximum atomic E-state index is 12.9. The number of rotatable bonds is 9. The van der Waals surface area contributed by atoms with Gasteiger partial charge in [0.15, 0.2) is 5.78 Å². The van der Waals surface area contributed by atoms with E-state index in [1.807, 2.05) is 12.1 Å². The Morgan fingerprint density at radius 3 is 2.62 bits per heavy atom. The van der Waals surface area contributed by atoms with Crippen molar-refractivity contribution in [3.05, 3.63) is 51.5 Å². The monoisotopic (exact) mass is 416 g/mol. The zero-order valence-corrected chi connectivity index (χ0v) is 17.8. The van der Waals surface area contributed by atoms with Gasteiger partial charge in [0.2, 0.25) is 0 Å². The van der Waals surface area contributed by atoms with Gasteiger partial charge in [-0.3, -0.25) is 14.2 Å². The van der Waals surface area contributed by atoms with E-state index < -0.39 is 0 Å². The largest absolute Gasteiger partial charge is 0.381 e. The molecule has 0 saturated carbocycles. The minimum atomic E-state index is -0.170. The molecule has 0 aliphatic carbocycles. The third kappa shape index (κ3) is 6.25. The summed E-state index contributed by atoms with van der Waals surface area (Å²) in [6.07, 6.45) is 6.12. The third-order valence-corrected chi connectivity index (χ3v) is 5.67. The molecule has 5 nitrogen and oxygen atoms in total. The smallest absolute Gasteiger partial charge is 0.254 e. The molecule has 3 rings (SSSR count). The fraction of sp³-hybridized carbons (Fsp3) is 0.522. The molecule has 1 aromatic carbocycles. The fourth-order valence-electron chi connectivity index (χ4n) is 3.73. The number of benzene rings is 1. The van der Waals surface area contributed by atoms with Crippen LogP contribution in [0.25, 0.3) is 11.3 Å². The van der Waals surface area contributed by atoms with E-state index in [0.717, 1.165) is 50.9 Å². The number of ketones is 1. The lowest BCUT2D eigenvalue weighted by Gasteiger charge is -2.21. The Bertz CT molecular complexity index is 871. The van der Waals surface area contributed by atoms with E-state index in [0.29, 0.717) is 35.3 Å². The minimum absolute atomic E-state index is 0.0942. The summed E-state index contributed by atoms with van der Waals surface area (Å²) >= 11 is 5.98. The molecule has 0 radical (unpaired) electrons. The van der Waals surface area contributed by atoms with Crippen molar-refractivity contribution < 1.29 is 9.53 Å². The summed E-state index contributed by atoms with van der Waals surface area (Å²) in [5.41, 5.74) is 1.31. The van der Waals surface area contributed by atoms with Crippen LogP contribution in [0, 0.1) is 5.92 Å². The molecule has 0 unspecified atom stereocenters. The molecule has 0 atom stereocenters. The van der Waals surface area contributed by atoms with Crippen LogP contribution in [0.1, 0.15) is 51.3 Å². The van der Waals surface area contributed by atoms with Crippen LogP contribution in [0.3, 0.4) is 0 Å². The number of carbonyl (C=O) groups is 1. The van der Waals surface area contributed by atoms with E-state index >= 15 is 0 Å². The number of halogens is 1. The van der Waals surface area contributed by atoms with Gasteiger partial charge in [0.25, 0.3) is 5.56 Å². The van der Waals surface area contributed by atoms with Crippen molar-refractivity contribution in [1.82, 2.24) is 9.55 Å². The molecule has 2 heterocycles. The van der Waals surface area contributed by atoms with Crippen molar-refractivity contribution in [2.75, 3.05) is 13.2 Å². The summed E-state index contributed by atoms with van der Waals surface area (Å²) in [6.45, 7) is 3.68. The van der Waals surface area contributed by atoms with Crippen LogP contribution in [0.15, 0.2) is 35.1 Å². The zero-order valence-electron chi connectivity index (χ0n) is 17.0. The van der Waals surface area contributed by atoms with Crippen LogP contribution in [0.2, 0.25) is 5.02 Å². The number of Topliss-reactive ketones (excluding diaryl/α,β-unsaturated/α-hetero) is 1. The second-order valence-electron chi connectivity index (χ2n) is 7.74. The first kappa shape index (κ1) is 21.7. The summed E-state index contributed by atoms with van der Waals surface area (Å²) in [7, 11) is 0. The van der Waals surface area contributed by atoms with E-state index in [1.165, 1.54) is 6.07 Å². The topological polar surface area (TPSA) is 61.2 Å². The number of aryl methyl sites for hydroxylation is 1. The normalized spacial score (nSPS) is 14.8. The van der Waals surface area contributed by atoms with Crippen LogP contribution in [0.4, 0.5) is 0 Å². The van der Waals surface area contributed by atoms with Gasteiger partial charge in [-0.1, -0.05) is 43.5 Å². The Hall–Kier alpha value is -1.98. The Labute approximate surface area is 177 Å². The number of unbranched alkanes of at least 4 members (excludes halogenated alkanes) is 2. The van der Waals surface area contributed by atoms with Crippen molar-refractivity contribution in [2.45, 2.75) is 58.4 Å². The van der Waals surface area contributed by atoms with Gasteiger partial charge < -0.3 is 4.74 Å². The zero-order chi connectivity index (χ0) is 20.6. The highest BCUT2D eigenvalue weighted by Gasteiger charge is 2.19. The lowest BCUT2D eigenvalue weighted by atomic mass is 9.94.